The van der Waals surface area contributed by atoms with E-state index < -0.39 is 5.97 Å². The normalized spacial score (nSPS) is 27.5. The molecule has 2 aliphatic rings. The maximum Gasteiger partial charge on any atom is 0.303 e. The number of carboxylic acids is 1. The van der Waals surface area contributed by atoms with Crippen LogP contribution in [0.2, 0.25) is 0 Å². The van der Waals surface area contributed by atoms with Crippen molar-refractivity contribution < 1.29 is 19.5 Å². The smallest absolute Gasteiger partial charge is 0.303 e. The Balaban J connectivity index is 1.96. The third kappa shape index (κ3) is 2.85. The monoisotopic (exact) mass is 265 g/mol. The molecule has 0 aromatic carbocycles. The lowest BCUT2D eigenvalue weighted by Crippen LogP contribution is -2.35. The minimum absolute atomic E-state index is 0.0251. The first-order valence-electron chi connectivity index (χ1n) is 6.72. The van der Waals surface area contributed by atoms with E-state index >= 15 is 0 Å². The van der Waals surface area contributed by atoms with Crippen molar-refractivity contribution in [1.29, 1.82) is 0 Å². The van der Waals surface area contributed by atoms with Gasteiger partial charge in [-0.15, -0.1) is 0 Å². The number of amides is 2. The molecule has 3 atom stereocenters. The van der Waals surface area contributed by atoms with E-state index in [4.69, 9.17) is 5.11 Å². The SMILES string of the molecule is CC(CCC(=O)O)CN1C(=O)C2CC=CCC2C1=O. The molecule has 2 amide bonds. The first-order chi connectivity index (χ1) is 9.00. The summed E-state index contributed by atoms with van der Waals surface area (Å²) in [6, 6.07) is 0. The van der Waals surface area contributed by atoms with Crippen molar-refractivity contribution >= 4 is 17.8 Å². The number of nitrogens with zero attached hydrogens (tertiary/aromatic N) is 1. The average molecular weight is 265 g/mol. The van der Waals surface area contributed by atoms with E-state index in [-0.39, 0.29) is 36.0 Å². The molecule has 1 aliphatic heterocycles. The summed E-state index contributed by atoms with van der Waals surface area (Å²) in [5, 5.41) is 8.64. The summed E-state index contributed by atoms with van der Waals surface area (Å²) < 4.78 is 0. The van der Waals surface area contributed by atoms with E-state index in [2.05, 4.69) is 0 Å². The topological polar surface area (TPSA) is 74.7 Å². The lowest BCUT2D eigenvalue weighted by molar-refractivity contribution is -0.140. The molecule has 1 heterocycles. The Kier molecular flexibility index (Phi) is 4.02. The van der Waals surface area contributed by atoms with Crippen LogP contribution in [-0.4, -0.2) is 34.3 Å². The Bertz CT molecular complexity index is 403. The van der Waals surface area contributed by atoms with Crippen LogP contribution < -0.4 is 0 Å². The third-order valence-electron chi connectivity index (χ3n) is 3.94. The van der Waals surface area contributed by atoms with Crippen LogP contribution in [0.25, 0.3) is 0 Å². The van der Waals surface area contributed by atoms with E-state index in [1.54, 1.807) is 0 Å². The van der Waals surface area contributed by atoms with Gasteiger partial charge in [-0.2, -0.15) is 0 Å². The van der Waals surface area contributed by atoms with Crippen LogP contribution in [0.15, 0.2) is 12.2 Å². The van der Waals surface area contributed by atoms with Crippen LogP contribution in [0.5, 0.6) is 0 Å². The number of allylic oxidation sites excluding steroid dienone is 2. The van der Waals surface area contributed by atoms with E-state index in [0.717, 1.165) is 0 Å². The predicted molar refractivity (Wildman–Crippen MR) is 68.1 cm³/mol. The van der Waals surface area contributed by atoms with Crippen LogP contribution >= 0.6 is 0 Å². The van der Waals surface area contributed by atoms with Crippen LogP contribution in [0.1, 0.15) is 32.6 Å². The fourth-order valence-corrected chi connectivity index (χ4v) is 2.82. The predicted octanol–water partition coefficient (Wildman–Crippen LogP) is 1.44. The summed E-state index contributed by atoms with van der Waals surface area (Å²) in [5.74, 6) is -1.36. The Morgan fingerprint density at radius 1 is 1.32 bits per heavy atom. The molecule has 104 valence electrons. The van der Waals surface area contributed by atoms with Crippen molar-refractivity contribution in [3.63, 3.8) is 0 Å². The molecule has 2 rings (SSSR count). The lowest BCUT2D eigenvalue weighted by Gasteiger charge is -2.19. The zero-order chi connectivity index (χ0) is 14.0. The van der Waals surface area contributed by atoms with Crippen LogP contribution in [0, 0.1) is 17.8 Å². The number of carboxylic acid groups (broad SMARTS) is 1. The van der Waals surface area contributed by atoms with Gasteiger partial charge in [-0.1, -0.05) is 19.1 Å². The number of rotatable bonds is 5. The molecular formula is C14H19NO4. The largest absolute Gasteiger partial charge is 0.481 e. The summed E-state index contributed by atoms with van der Waals surface area (Å²) in [6.07, 6.45) is 5.78. The van der Waals surface area contributed by atoms with Gasteiger partial charge in [0.1, 0.15) is 0 Å². The van der Waals surface area contributed by atoms with Gasteiger partial charge in [0, 0.05) is 13.0 Å². The van der Waals surface area contributed by atoms with Crippen LogP contribution in [0.4, 0.5) is 0 Å². The maximum absolute atomic E-state index is 12.2. The van der Waals surface area contributed by atoms with Gasteiger partial charge in [-0.3, -0.25) is 19.3 Å². The number of fused-ring (bicyclic) bond motifs is 1. The summed E-state index contributed by atoms with van der Waals surface area (Å²) in [6.45, 7) is 2.22. The first kappa shape index (κ1) is 13.8. The molecule has 0 spiro atoms. The molecule has 5 nitrogen and oxygen atoms in total. The van der Waals surface area contributed by atoms with Gasteiger partial charge >= 0.3 is 5.97 Å². The molecule has 19 heavy (non-hydrogen) atoms. The summed E-state index contributed by atoms with van der Waals surface area (Å²) in [4.78, 5) is 36.2. The molecular weight excluding hydrogens is 246 g/mol. The summed E-state index contributed by atoms with van der Waals surface area (Å²) in [7, 11) is 0. The first-order valence-corrected chi connectivity index (χ1v) is 6.72. The highest BCUT2D eigenvalue weighted by Crippen LogP contribution is 2.35. The quantitative estimate of drug-likeness (QED) is 0.603. The fraction of sp³-hybridized carbons (Fsp3) is 0.643. The van der Waals surface area contributed by atoms with Crippen molar-refractivity contribution in [1.82, 2.24) is 4.90 Å². The van der Waals surface area contributed by atoms with Crippen molar-refractivity contribution in [3.8, 4) is 0 Å². The van der Waals surface area contributed by atoms with Gasteiger partial charge in [0.15, 0.2) is 0 Å². The Labute approximate surface area is 112 Å². The Morgan fingerprint density at radius 3 is 2.32 bits per heavy atom. The number of hydrogen-bond donors (Lipinski definition) is 1. The van der Waals surface area contributed by atoms with Gasteiger partial charge in [0.25, 0.3) is 0 Å². The maximum atomic E-state index is 12.2. The van der Waals surface area contributed by atoms with E-state index in [0.29, 0.717) is 25.8 Å². The minimum Gasteiger partial charge on any atom is -0.481 e. The highest BCUT2D eigenvalue weighted by molar-refractivity contribution is 6.05. The van der Waals surface area contributed by atoms with Crippen molar-refractivity contribution in [2.75, 3.05) is 6.54 Å². The second-order valence-corrected chi connectivity index (χ2v) is 5.48. The van der Waals surface area contributed by atoms with Gasteiger partial charge in [0.05, 0.1) is 11.8 Å². The lowest BCUT2D eigenvalue weighted by atomic mass is 9.85. The fourth-order valence-electron chi connectivity index (χ4n) is 2.82. The molecule has 1 N–H and O–H groups in total. The number of imide groups is 1. The van der Waals surface area contributed by atoms with Crippen LogP contribution in [0.3, 0.4) is 0 Å². The number of hydrogen-bond acceptors (Lipinski definition) is 3. The number of likely N-dealkylation sites (tertiary alicyclic amines) is 1. The third-order valence-corrected chi connectivity index (χ3v) is 3.94. The second kappa shape index (κ2) is 5.55. The molecule has 0 bridgehead atoms. The summed E-state index contributed by atoms with van der Waals surface area (Å²) in [5.41, 5.74) is 0. The Hall–Kier alpha value is -1.65. The van der Waals surface area contributed by atoms with Crippen molar-refractivity contribution in [2.24, 2.45) is 17.8 Å². The molecule has 0 aromatic rings. The molecule has 0 aromatic heterocycles. The highest BCUT2D eigenvalue weighted by atomic mass is 16.4. The molecule has 3 unspecified atom stereocenters. The van der Waals surface area contributed by atoms with Crippen LogP contribution in [-0.2, 0) is 14.4 Å². The van der Waals surface area contributed by atoms with Gasteiger partial charge in [-0.25, -0.2) is 0 Å². The van der Waals surface area contributed by atoms with Gasteiger partial charge in [-0.05, 0) is 25.2 Å². The van der Waals surface area contributed by atoms with Gasteiger partial charge < -0.3 is 5.11 Å². The number of carbonyl (C=O) groups excluding carboxylic acids is 2. The van der Waals surface area contributed by atoms with Crippen molar-refractivity contribution in [3.05, 3.63) is 12.2 Å². The van der Waals surface area contributed by atoms with E-state index in [9.17, 15) is 14.4 Å². The molecule has 0 saturated carbocycles. The van der Waals surface area contributed by atoms with E-state index in [1.807, 2.05) is 19.1 Å². The minimum atomic E-state index is -0.844. The molecule has 5 heteroatoms. The zero-order valence-electron chi connectivity index (χ0n) is 11.0. The van der Waals surface area contributed by atoms with Gasteiger partial charge in [0.2, 0.25) is 11.8 Å². The molecule has 1 fully saturated rings. The standard InChI is InChI=1S/C14H19NO4/c1-9(6-7-12(16)17)8-15-13(18)10-4-2-3-5-11(10)14(15)19/h2-3,9-11H,4-8H2,1H3,(H,16,17). The Morgan fingerprint density at radius 2 is 1.84 bits per heavy atom. The number of carbonyl (C=O) groups is 3. The van der Waals surface area contributed by atoms with E-state index in [1.165, 1.54) is 4.90 Å². The molecule has 0 radical (unpaired) electrons. The highest BCUT2D eigenvalue weighted by Gasteiger charge is 2.47. The van der Waals surface area contributed by atoms with Crippen molar-refractivity contribution in [2.45, 2.75) is 32.6 Å². The molecule has 1 aliphatic carbocycles. The second-order valence-electron chi connectivity index (χ2n) is 5.48. The summed E-state index contributed by atoms with van der Waals surface area (Å²) >= 11 is 0. The number of aliphatic carboxylic acids is 1. The average Bonchev–Trinajstić information content (AvgIpc) is 2.62. The zero-order valence-corrected chi connectivity index (χ0v) is 11.0. The molecule has 1 saturated heterocycles.